The largest absolute Gasteiger partial charge is 0.508 e. The van der Waals surface area contributed by atoms with Crippen LogP contribution < -0.4 is 19.8 Å². The molecule has 6 unspecified atom stereocenters. The second-order valence-corrected chi connectivity index (χ2v) is 14.9. The number of nitrogens with one attached hydrogen (secondary N) is 1. The molecule has 2 aliphatic heterocycles. The van der Waals surface area contributed by atoms with E-state index in [1.54, 1.807) is 72.8 Å². The number of carbonyl (C=O) groups excluding carboxylic acids is 4. The predicted octanol–water partition coefficient (Wildman–Crippen LogP) is 7.56. The van der Waals surface area contributed by atoms with E-state index in [4.69, 9.17) is 44.3 Å². The van der Waals surface area contributed by atoms with Crippen LogP contribution in [0, 0.1) is 23.7 Å². The van der Waals surface area contributed by atoms with Crippen LogP contribution in [0.25, 0.3) is 0 Å². The number of methoxy groups -OCH3 is 2. The highest BCUT2D eigenvalue weighted by Crippen LogP contribution is 2.66. The van der Waals surface area contributed by atoms with E-state index in [1.807, 2.05) is 6.08 Å². The fourth-order valence-electron chi connectivity index (χ4n) is 9.00. The van der Waals surface area contributed by atoms with Gasteiger partial charge in [-0.2, -0.15) is 5.01 Å². The van der Waals surface area contributed by atoms with Gasteiger partial charge in [0.25, 0.3) is 11.8 Å². The predicted molar refractivity (Wildman–Crippen MR) is 199 cm³/mol. The highest BCUT2D eigenvalue weighted by molar-refractivity contribution is 6.36. The van der Waals surface area contributed by atoms with E-state index < -0.39 is 52.7 Å². The zero-order valence-electron chi connectivity index (χ0n) is 28.4. The van der Waals surface area contributed by atoms with Gasteiger partial charge in [-0.3, -0.25) is 29.5 Å². The van der Waals surface area contributed by atoms with Gasteiger partial charge in [0.15, 0.2) is 0 Å². The third-order valence-electron chi connectivity index (χ3n) is 11.2. The number of rotatable bonds is 7. The molecule has 0 bridgehead atoms. The number of hydrogen-bond donors (Lipinski definition) is 2. The number of allylic oxidation sites excluding steroid dienone is 2. The second-order valence-electron chi connectivity index (χ2n) is 13.6. The molecule has 13 heteroatoms. The lowest BCUT2D eigenvalue weighted by molar-refractivity contribution is -0.138. The van der Waals surface area contributed by atoms with Gasteiger partial charge in [-0.05, 0) is 91.1 Å². The Morgan fingerprint density at radius 2 is 1.53 bits per heavy atom. The average molecular weight is 773 g/mol. The smallest absolute Gasteiger partial charge is 0.260 e. The molecule has 1 saturated carbocycles. The van der Waals surface area contributed by atoms with Crippen molar-refractivity contribution in [3.05, 3.63) is 123 Å². The fourth-order valence-corrected chi connectivity index (χ4v) is 9.58. The SMILES string of the molecule is COc1ccc(C23C(=O)N(Nc4ccc(Cl)cc4Cl)C(=O)C2CC2C(=CCC4C(=O)N(c5ccc(Cl)cc5)C(=O)C42)C3c2c(O)cccc2OC)cc1. The number of carbonyl (C=O) groups is 4. The van der Waals surface area contributed by atoms with E-state index in [-0.39, 0.29) is 46.5 Å². The van der Waals surface area contributed by atoms with Crippen LogP contribution in [0.15, 0.2) is 96.6 Å². The summed E-state index contributed by atoms with van der Waals surface area (Å²) in [4.78, 5) is 60.1. The van der Waals surface area contributed by atoms with Gasteiger partial charge in [-0.25, -0.2) is 0 Å². The summed E-state index contributed by atoms with van der Waals surface area (Å²) in [5.74, 6) is -5.58. The Balaban J connectivity index is 1.36. The maximum absolute atomic E-state index is 15.4. The molecule has 53 heavy (non-hydrogen) atoms. The number of hydrogen-bond acceptors (Lipinski definition) is 8. The number of halogens is 3. The van der Waals surface area contributed by atoms with Gasteiger partial charge in [0.2, 0.25) is 11.8 Å². The Labute approximate surface area is 319 Å². The Hall–Kier alpha value is -5.03. The van der Waals surface area contributed by atoms with Crippen molar-refractivity contribution in [1.29, 1.82) is 0 Å². The van der Waals surface area contributed by atoms with Crippen molar-refractivity contribution in [2.24, 2.45) is 23.7 Å². The quantitative estimate of drug-likeness (QED) is 0.146. The van der Waals surface area contributed by atoms with Gasteiger partial charge in [-0.1, -0.05) is 64.7 Å². The van der Waals surface area contributed by atoms with Gasteiger partial charge < -0.3 is 14.6 Å². The number of fused-ring (bicyclic) bond motifs is 4. The third-order valence-corrected chi connectivity index (χ3v) is 12.0. The molecule has 10 nitrogen and oxygen atoms in total. The Kier molecular flexibility index (Phi) is 8.67. The fraction of sp³-hybridized carbons (Fsp3) is 0.250. The lowest BCUT2D eigenvalue weighted by Gasteiger charge is -2.50. The van der Waals surface area contributed by atoms with Crippen LogP contribution in [0.2, 0.25) is 15.1 Å². The van der Waals surface area contributed by atoms with E-state index in [9.17, 15) is 19.5 Å². The van der Waals surface area contributed by atoms with Crippen LogP contribution in [0.3, 0.4) is 0 Å². The zero-order chi connectivity index (χ0) is 37.3. The van der Waals surface area contributed by atoms with Crippen LogP contribution in [-0.2, 0) is 24.6 Å². The molecule has 0 spiro atoms. The van der Waals surface area contributed by atoms with Crippen molar-refractivity contribution in [3.8, 4) is 17.2 Å². The highest BCUT2D eigenvalue weighted by Gasteiger charge is 2.71. The normalized spacial score (nSPS) is 26.2. The van der Waals surface area contributed by atoms with Gasteiger partial charge in [-0.15, -0.1) is 0 Å². The second kappa shape index (κ2) is 13.1. The molecule has 0 radical (unpaired) electrons. The third kappa shape index (κ3) is 5.21. The number of phenolic OH excluding ortho intramolecular Hbond substituents is 1. The molecule has 4 amide bonds. The number of hydrazine groups is 1. The summed E-state index contributed by atoms with van der Waals surface area (Å²) in [6, 6.07) is 22.8. The minimum Gasteiger partial charge on any atom is -0.508 e. The summed E-state index contributed by atoms with van der Waals surface area (Å²) in [5, 5.41) is 13.7. The van der Waals surface area contributed by atoms with Crippen molar-refractivity contribution in [3.63, 3.8) is 0 Å². The van der Waals surface area contributed by atoms with Crippen molar-refractivity contribution in [2.45, 2.75) is 24.2 Å². The number of imide groups is 2. The first kappa shape index (κ1) is 35.0. The minimum absolute atomic E-state index is 0.0516. The molecule has 4 aromatic carbocycles. The van der Waals surface area contributed by atoms with Crippen LogP contribution in [0.5, 0.6) is 17.2 Å². The number of aromatic hydroxyl groups is 1. The summed E-state index contributed by atoms with van der Waals surface area (Å²) in [6.45, 7) is 0. The average Bonchev–Trinajstić information content (AvgIpc) is 3.53. The van der Waals surface area contributed by atoms with E-state index in [1.165, 1.54) is 31.3 Å². The molecule has 3 fully saturated rings. The zero-order valence-corrected chi connectivity index (χ0v) is 30.7. The van der Waals surface area contributed by atoms with Gasteiger partial charge in [0.1, 0.15) is 17.2 Å². The van der Waals surface area contributed by atoms with Crippen molar-refractivity contribution < 1.29 is 33.8 Å². The first-order chi connectivity index (χ1) is 25.5. The Morgan fingerprint density at radius 3 is 2.21 bits per heavy atom. The maximum atomic E-state index is 15.4. The molecule has 2 heterocycles. The van der Waals surface area contributed by atoms with E-state index >= 15 is 4.79 Å². The van der Waals surface area contributed by atoms with Crippen LogP contribution >= 0.6 is 34.8 Å². The number of phenols is 1. The van der Waals surface area contributed by atoms with E-state index in [2.05, 4.69) is 5.43 Å². The van der Waals surface area contributed by atoms with Gasteiger partial charge >= 0.3 is 0 Å². The van der Waals surface area contributed by atoms with Crippen LogP contribution in [0.4, 0.5) is 11.4 Å². The minimum atomic E-state index is -1.67. The lowest BCUT2D eigenvalue weighted by atomic mass is 9.49. The number of anilines is 2. The summed E-state index contributed by atoms with van der Waals surface area (Å²) < 4.78 is 11.3. The first-order valence-electron chi connectivity index (χ1n) is 16.9. The molecule has 2 saturated heterocycles. The molecule has 4 aromatic rings. The topological polar surface area (TPSA) is 125 Å². The Morgan fingerprint density at radius 1 is 0.811 bits per heavy atom. The monoisotopic (exact) mass is 771 g/mol. The van der Waals surface area contributed by atoms with Crippen molar-refractivity contribution in [1.82, 2.24) is 5.01 Å². The summed E-state index contributed by atoms with van der Waals surface area (Å²) in [6.07, 6.45) is 2.16. The van der Waals surface area contributed by atoms with Crippen LogP contribution in [-0.4, -0.2) is 48.0 Å². The maximum Gasteiger partial charge on any atom is 0.260 e. The molecule has 270 valence electrons. The lowest BCUT2D eigenvalue weighted by Crippen LogP contribution is -2.53. The van der Waals surface area contributed by atoms with Gasteiger partial charge in [0, 0.05) is 21.5 Å². The number of ether oxygens (including phenoxy) is 2. The highest BCUT2D eigenvalue weighted by atomic mass is 35.5. The summed E-state index contributed by atoms with van der Waals surface area (Å²) in [5.41, 5.74) is 3.39. The van der Waals surface area contributed by atoms with Crippen LogP contribution in [0.1, 0.15) is 29.9 Å². The van der Waals surface area contributed by atoms with Crippen molar-refractivity contribution >= 4 is 69.8 Å². The molecular weight excluding hydrogens is 741 g/mol. The number of benzene rings is 4. The molecule has 2 aliphatic carbocycles. The standard InChI is InChI=1S/C40H32Cl3N3O7/c1-52-24-13-6-20(7-14-24)40-28(37(49)46(39(40)51)44-30-17-10-22(42)18-29(30)43)19-27-25(35(40)34-31(47)4-3-5-32(34)53-2)15-16-26-33(27)38(50)45(36(26)48)23-11-8-21(41)9-12-23/h3-15,17-18,26-28,33,35,44,47H,16,19H2,1-2H3. The van der Waals surface area contributed by atoms with E-state index in [0.29, 0.717) is 32.6 Å². The molecular formula is C40H32Cl3N3O7. The summed E-state index contributed by atoms with van der Waals surface area (Å²) in [7, 11) is 2.99. The van der Waals surface area contributed by atoms with Crippen molar-refractivity contribution in [2.75, 3.05) is 24.5 Å². The molecule has 8 rings (SSSR count). The first-order valence-corrected chi connectivity index (χ1v) is 18.1. The molecule has 0 aromatic heterocycles. The molecule has 6 atom stereocenters. The number of nitrogens with zero attached hydrogens (tertiary/aromatic N) is 2. The number of amides is 4. The van der Waals surface area contributed by atoms with E-state index in [0.717, 1.165) is 5.01 Å². The van der Waals surface area contributed by atoms with Gasteiger partial charge in [0.05, 0.1) is 53.8 Å². The summed E-state index contributed by atoms with van der Waals surface area (Å²) >= 11 is 18.8. The molecule has 2 N–H and O–H groups in total. The Bertz CT molecular complexity index is 2230. The molecule has 4 aliphatic rings.